The molecule has 0 fully saturated rings. The van der Waals surface area contributed by atoms with E-state index in [2.05, 4.69) is 20.6 Å². The minimum Gasteiger partial charge on any atom is -0.354 e. The van der Waals surface area contributed by atoms with Crippen LogP contribution in [0.1, 0.15) is 11.3 Å². The second-order valence-corrected chi connectivity index (χ2v) is 5.76. The number of nitrogens with zero attached hydrogens (tertiary/aromatic N) is 3. The van der Waals surface area contributed by atoms with E-state index in [9.17, 15) is 4.39 Å². The van der Waals surface area contributed by atoms with E-state index in [4.69, 9.17) is 0 Å². The Bertz CT molecular complexity index is 638. The summed E-state index contributed by atoms with van der Waals surface area (Å²) in [7, 11) is 5.64. The molecule has 2 rings (SSSR count). The average Bonchev–Trinajstić information content (AvgIpc) is 2.97. The van der Waals surface area contributed by atoms with E-state index in [-0.39, 0.29) is 5.82 Å². The molecule has 7 heteroatoms. The highest BCUT2D eigenvalue weighted by molar-refractivity contribution is 7.13. The van der Waals surface area contributed by atoms with E-state index < -0.39 is 0 Å². The third-order valence-corrected chi connectivity index (χ3v) is 3.99. The summed E-state index contributed by atoms with van der Waals surface area (Å²) in [4.78, 5) is 10.6. The van der Waals surface area contributed by atoms with Gasteiger partial charge in [0.15, 0.2) is 11.1 Å². The highest BCUT2D eigenvalue weighted by atomic mass is 32.1. The number of benzene rings is 1. The zero-order valence-corrected chi connectivity index (χ0v) is 13.7. The van der Waals surface area contributed by atoms with Crippen molar-refractivity contribution in [3.8, 4) is 0 Å². The van der Waals surface area contributed by atoms with Crippen molar-refractivity contribution < 1.29 is 4.39 Å². The number of hydrogen-bond donors (Lipinski definition) is 2. The lowest BCUT2D eigenvalue weighted by Gasteiger charge is -2.11. The van der Waals surface area contributed by atoms with Gasteiger partial charge in [-0.15, -0.1) is 11.3 Å². The molecule has 1 aromatic carbocycles. The number of anilines is 1. The number of nitrogens with one attached hydrogen (secondary N) is 2. The molecule has 5 nitrogen and oxygen atoms in total. The van der Waals surface area contributed by atoms with Gasteiger partial charge in [0.1, 0.15) is 5.82 Å². The van der Waals surface area contributed by atoms with Crippen LogP contribution in [0.4, 0.5) is 9.52 Å². The number of aromatic nitrogens is 1. The Morgan fingerprint density at radius 3 is 2.73 bits per heavy atom. The molecule has 0 radical (unpaired) electrons. The maximum atomic E-state index is 13.1. The van der Waals surface area contributed by atoms with Crippen LogP contribution in [0.3, 0.4) is 0 Å². The lowest BCUT2D eigenvalue weighted by atomic mass is 10.2. The number of hydrogen-bond acceptors (Lipinski definition) is 4. The maximum Gasteiger partial charge on any atom is 0.191 e. The molecule has 0 saturated heterocycles. The van der Waals surface area contributed by atoms with E-state index in [0.29, 0.717) is 19.0 Å². The topological polar surface area (TPSA) is 52.6 Å². The summed E-state index contributed by atoms with van der Waals surface area (Å²) in [5.41, 5.74) is 1.83. The van der Waals surface area contributed by atoms with Crippen molar-refractivity contribution in [2.45, 2.75) is 13.1 Å². The molecule has 118 valence electrons. The smallest absolute Gasteiger partial charge is 0.191 e. The Hall–Kier alpha value is -2.15. The largest absolute Gasteiger partial charge is 0.354 e. The van der Waals surface area contributed by atoms with Gasteiger partial charge in [-0.3, -0.25) is 4.99 Å². The Morgan fingerprint density at radius 1 is 1.32 bits per heavy atom. The van der Waals surface area contributed by atoms with Crippen molar-refractivity contribution in [3.05, 3.63) is 46.7 Å². The number of rotatable bonds is 5. The zero-order valence-electron chi connectivity index (χ0n) is 12.9. The highest BCUT2D eigenvalue weighted by Crippen LogP contribution is 2.17. The first-order valence-corrected chi connectivity index (χ1v) is 7.77. The first kappa shape index (κ1) is 16.2. The van der Waals surface area contributed by atoms with Gasteiger partial charge in [0.25, 0.3) is 0 Å². The van der Waals surface area contributed by atoms with Gasteiger partial charge in [-0.05, 0) is 17.7 Å². The fourth-order valence-corrected chi connectivity index (χ4v) is 2.57. The van der Waals surface area contributed by atoms with Crippen molar-refractivity contribution in [1.29, 1.82) is 0 Å². The van der Waals surface area contributed by atoms with Crippen molar-refractivity contribution >= 4 is 22.4 Å². The number of halogens is 1. The van der Waals surface area contributed by atoms with Crippen LogP contribution in [0.25, 0.3) is 0 Å². The van der Waals surface area contributed by atoms with E-state index in [1.165, 1.54) is 12.1 Å². The van der Waals surface area contributed by atoms with Gasteiger partial charge in [0.05, 0.1) is 12.2 Å². The van der Waals surface area contributed by atoms with Crippen LogP contribution in [-0.2, 0) is 13.1 Å². The van der Waals surface area contributed by atoms with Crippen molar-refractivity contribution in [2.75, 3.05) is 26.0 Å². The van der Waals surface area contributed by atoms with Gasteiger partial charge in [-0.1, -0.05) is 12.1 Å². The van der Waals surface area contributed by atoms with Crippen LogP contribution < -0.4 is 15.5 Å². The molecule has 1 aromatic heterocycles. The molecule has 0 saturated carbocycles. The van der Waals surface area contributed by atoms with Gasteiger partial charge in [0, 0.05) is 33.1 Å². The molecule has 1 heterocycles. The average molecular weight is 321 g/mol. The summed E-state index contributed by atoms with van der Waals surface area (Å²) >= 11 is 1.60. The molecule has 0 unspecified atom stereocenters. The van der Waals surface area contributed by atoms with E-state index in [0.717, 1.165) is 16.4 Å². The summed E-state index contributed by atoms with van der Waals surface area (Å²) in [5, 5.41) is 9.33. The minimum absolute atomic E-state index is 0.235. The van der Waals surface area contributed by atoms with Crippen LogP contribution in [0.2, 0.25) is 0 Å². The predicted octanol–water partition coefficient (Wildman–Crippen LogP) is 2.21. The summed E-state index contributed by atoms with van der Waals surface area (Å²) in [6, 6.07) is 6.50. The molecule has 0 aliphatic rings. The molecule has 2 N–H and O–H groups in total. The van der Waals surface area contributed by atoms with E-state index >= 15 is 0 Å². The fourth-order valence-electron chi connectivity index (χ4n) is 1.81. The van der Waals surface area contributed by atoms with E-state index in [1.807, 2.05) is 30.4 Å². The predicted molar refractivity (Wildman–Crippen MR) is 89.9 cm³/mol. The Balaban J connectivity index is 1.84. The molecule has 0 amide bonds. The molecule has 0 aliphatic carbocycles. The molecule has 0 bridgehead atoms. The van der Waals surface area contributed by atoms with Crippen LogP contribution >= 0.6 is 11.3 Å². The molecule has 0 aliphatic heterocycles. The molecule has 2 aromatic rings. The lowest BCUT2D eigenvalue weighted by molar-refractivity contribution is 0.624. The van der Waals surface area contributed by atoms with Crippen LogP contribution in [0.15, 0.2) is 34.6 Å². The fraction of sp³-hybridized carbons (Fsp3) is 0.333. The van der Waals surface area contributed by atoms with Gasteiger partial charge in [-0.2, -0.15) is 0 Å². The van der Waals surface area contributed by atoms with Crippen molar-refractivity contribution in [1.82, 2.24) is 15.6 Å². The summed E-state index contributed by atoms with van der Waals surface area (Å²) < 4.78 is 13.1. The van der Waals surface area contributed by atoms with Gasteiger partial charge >= 0.3 is 0 Å². The van der Waals surface area contributed by atoms with Crippen molar-refractivity contribution in [2.24, 2.45) is 4.99 Å². The molecule has 0 spiro atoms. The Morgan fingerprint density at radius 2 is 2.09 bits per heavy atom. The van der Waals surface area contributed by atoms with Gasteiger partial charge in [0.2, 0.25) is 0 Å². The number of aliphatic imine (C=N–C) groups is 1. The first-order chi connectivity index (χ1) is 10.6. The molecular formula is C15H20FN5S. The highest BCUT2D eigenvalue weighted by Gasteiger charge is 2.05. The third-order valence-electron chi connectivity index (χ3n) is 2.93. The standard InChI is InChI=1S/C15H20FN5S/c1-17-14(18-8-11-5-4-6-12(16)7-11)19-9-13-10-22-15(20-13)21(2)3/h4-7,10H,8-9H2,1-3H3,(H2,17,18,19). The lowest BCUT2D eigenvalue weighted by Crippen LogP contribution is -2.36. The quantitative estimate of drug-likeness (QED) is 0.655. The minimum atomic E-state index is -0.235. The van der Waals surface area contributed by atoms with Gasteiger partial charge < -0.3 is 15.5 Å². The molecule has 22 heavy (non-hydrogen) atoms. The Labute approximate surface area is 133 Å². The zero-order chi connectivity index (χ0) is 15.9. The number of thiazole rings is 1. The first-order valence-electron chi connectivity index (χ1n) is 6.89. The van der Waals surface area contributed by atoms with E-state index in [1.54, 1.807) is 24.5 Å². The normalized spacial score (nSPS) is 11.4. The van der Waals surface area contributed by atoms with Crippen LogP contribution in [-0.4, -0.2) is 32.1 Å². The third kappa shape index (κ3) is 4.70. The summed E-state index contributed by atoms with van der Waals surface area (Å²) in [6.45, 7) is 1.10. The van der Waals surface area contributed by atoms with Crippen LogP contribution in [0.5, 0.6) is 0 Å². The second-order valence-electron chi connectivity index (χ2n) is 4.93. The molecule has 0 atom stereocenters. The molecular weight excluding hydrogens is 301 g/mol. The maximum absolute atomic E-state index is 13.1. The van der Waals surface area contributed by atoms with Gasteiger partial charge in [-0.25, -0.2) is 9.37 Å². The monoisotopic (exact) mass is 321 g/mol. The Kier molecular flexibility index (Phi) is 5.71. The SMILES string of the molecule is CN=C(NCc1cccc(F)c1)NCc1csc(N(C)C)n1. The summed E-state index contributed by atoms with van der Waals surface area (Å²) in [5.74, 6) is 0.421. The van der Waals surface area contributed by atoms with Crippen LogP contribution in [0, 0.1) is 5.82 Å². The summed E-state index contributed by atoms with van der Waals surface area (Å²) in [6.07, 6.45) is 0. The second kappa shape index (κ2) is 7.74. The van der Waals surface area contributed by atoms with Crippen molar-refractivity contribution in [3.63, 3.8) is 0 Å². The number of guanidine groups is 1.